The molecule has 0 unspecified atom stereocenters. The van der Waals surface area contributed by atoms with Gasteiger partial charge in [0, 0.05) is 0 Å². The predicted molar refractivity (Wildman–Crippen MR) is 187 cm³/mol. The fourth-order valence-corrected chi connectivity index (χ4v) is 11.3. The summed E-state index contributed by atoms with van der Waals surface area (Å²) in [4.78, 5) is 0. The van der Waals surface area contributed by atoms with Crippen LogP contribution in [0.4, 0.5) is 0 Å². The molecule has 0 amide bonds. The van der Waals surface area contributed by atoms with Crippen molar-refractivity contribution in [3.05, 3.63) is 156 Å². The van der Waals surface area contributed by atoms with Gasteiger partial charge in [-0.2, -0.15) is 27.8 Å². The minimum Gasteiger partial charge on any atom is -0.196 e. The maximum atomic E-state index is 3.20. The molecule has 0 N–H and O–H groups in total. The first-order valence-electron chi connectivity index (χ1n) is 14.1. The average Bonchev–Trinajstić information content (AvgIpc) is 3.19. The van der Waals surface area contributed by atoms with Crippen molar-refractivity contribution in [3.63, 3.8) is 0 Å². The smallest absolute Gasteiger partial charge is 0.101 e. The maximum absolute atomic E-state index is 3.20. The zero-order valence-corrected chi connectivity index (χ0v) is 28.8. The van der Waals surface area contributed by atoms with E-state index in [4.69, 9.17) is 0 Å². The second-order valence-corrected chi connectivity index (χ2v) is 16.0. The number of rotatable bonds is 7. The second kappa shape index (κ2) is 17.3. The quantitative estimate of drug-likeness (QED) is 0.0949. The van der Waals surface area contributed by atoms with E-state index < -0.39 is 15.8 Å². The van der Waals surface area contributed by atoms with Crippen molar-refractivity contribution in [1.82, 2.24) is 0 Å². The largest absolute Gasteiger partial charge is 0.196 e. The molecule has 0 heterocycles. The van der Waals surface area contributed by atoms with Gasteiger partial charge in [0.05, 0.1) is 37.1 Å². The molecule has 211 valence electrons. The van der Waals surface area contributed by atoms with Crippen molar-refractivity contribution in [2.45, 2.75) is 34.6 Å². The Hall–Kier alpha value is -2.64. The van der Waals surface area contributed by atoms with E-state index in [1.54, 1.807) is 0 Å². The molecule has 5 aromatic carbocycles. The fraction of sp³-hybridized carbons (Fsp3) is 0.184. The van der Waals surface area contributed by atoms with Gasteiger partial charge in [0.1, 0.15) is 12.3 Å². The van der Waals surface area contributed by atoms with Crippen LogP contribution < -0.4 is 21.2 Å². The van der Waals surface area contributed by atoms with Crippen LogP contribution in [-0.2, 0) is 17.9 Å². The van der Waals surface area contributed by atoms with Gasteiger partial charge in [-0.1, -0.05) is 107 Å². The van der Waals surface area contributed by atoms with Gasteiger partial charge in [0.25, 0.3) is 0 Å². The van der Waals surface area contributed by atoms with E-state index in [2.05, 4.69) is 185 Å². The summed E-state index contributed by atoms with van der Waals surface area (Å²) in [6, 6.07) is 44.5. The molecule has 0 radical (unpaired) electrons. The van der Waals surface area contributed by atoms with Gasteiger partial charge in [-0.15, -0.1) is 0 Å². The first-order valence-corrected chi connectivity index (χ1v) is 18.4. The Bertz CT molecular complexity index is 1240. The third-order valence-corrected chi connectivity index (χ3v) is 14.0. The summed E-state index contributed by atoms with van der Waals surface area (Å²) in [5.41, 5.74) is 7.34. The second-order valence-electron chi connectivity index (χ2n) is 10.2. The average molecular weight is 663 g/mol. The van der Waals surface area contributed by atoms with Crippen LogP contribution in [0, 0.1) is 34.6 Å². The molecular formula is C38H43P2Ru+2. The van der Waals surface area contributed by atoms with E-state index in [0.717, 1.165) is 0 Å². The third-order valence-electron chi connectivity index (χ3n) is 7.93. The summed E-state index contributed by atoms with van der Waals surface area (Å²) in [6.45, 7) is 14.2. The van der Waals surface area contributed by atoms with Crippen LogP contribution in [0.15, 0.2) is 128 Å². The summed E-state index contributed by atoms with van der Waals surface area (Å²) in [5.74, 6) is 0. The van der Waals surface area contributed by atoms with Crippen molar-refractivity contribution in [3.8, 4) is 0 Å². The van der Waals surface area contributed by atoms with Gasteiger partial charge in [-0.3, -0.25) is 0 Å². The van der Waals surface area contributed by atoms with Crippen LogP contribution in [0.1, 0.15) is 27.8 Å². The van der Waals surface area contributed by atoms with Gasteiger partial charge in [-0.05, 0) is 48.5 Å². The molecule has 0 nitrogen and oxygen atoms in total. The van der Waals surface area contributed by atoms with E-state index in [9.17, 15) is 0 Å². The van der Waals surface area contributed by atoms with Crippen LogP contribution in [0.5, 0.6) is 0 Å². The van der Waals surface area contributed by atoms with Gasteiger partial charge < -0.3 is 0 Å². The van der Waals surface area contributed by atoms with Crippen molar-refractivity contribution in [2.75, 3.05) is 12.3 Å². The number of hydrogen-bond donors (Lipinski definition) is 0. The van der Waals surface area contributed by atoms with Crippen LogP contribution in [0.2, 0.25) is 0 Å². The van der Waals surface area contributed by atoms with E-state index >= 15 is 0 Å². The predicted octanol–water partition coefficient (Wildman–Crippen LogP) is 7.78. The molecule has 0 aliphatic heterocycles. The van der Waals surface area contributed by atoms with Gasteiger partial charge in [-0.25, -0.2) is 0 Å². The van der Waals surface area contributed by atoms with Crippen molar-refractivity contribution in [1.29, 1.82) is 0 Å². The first kappa shape index (κ1) is 32.9. The first-order chi connectivity index (χ1) is 19.9. The zero-order chi connectivity index (χ0) is 29.6. The topological polar surface area (TPSA) is 0 Å². The standard InChI is InChI=1S/C26H24P2.C10H15.C2H2.Ru/c1-5-13-23(14-6-1)27(24-15-7-2-8-16-24)21-22-28(25-17-9-3-10-18-25)26-19-11-4-12-20-26;1-6-7(2)9(4)10(5)8(6)3;1-2;/h1-20H,21-22H2;1-5H3;1H2;/q;-1;;+1/p+2. The maximum Gasteiger partial charge on any atom is 0.101 e. The SMILES string of the molecule is C=[C]=[Ru+].Cc1c(C)c(C)[c-](C)c1C.c1ccc([PH+](CC[PH+](c2ccccc2)c2ccccc2)c2ccccc2)cc1. The summed E-state index contributed by atoms with van der Waals surface area (Å²) in [6.07, 6.45) is 2.52. The molecule has 5 rings (SSSR count). The summed E-state index contributed by atoms with van der Waals surface area (Å²) >= 11 is 2.15. The van der Waals surface area contributed by atoms with E-state index in [1.165, 1.54) is 61.4 Å². The molecule has 0 atom stereocenters. The fourth-order valence-electron chi connectivity index (χ4n) is 5.12. The Morgan fingerprint density at radius 2 is 0.756 bits per heavy atom. The van der Waals surface area contributed by atoms with Gasteiger partial charge in [0.2, 0.25) is 0 Å². The molecule has 0 aliphatic carbocycles. The molecule has 5 aromatic rings. The molecule has 0 saturated carbocycles. The molecule has 0 fully saturated rings. The van der Waals surface area contributed by atoms with Crippen molar-refractivity contribution < 1.29 is 17.9 Å². The van der Waals surface area contributed by atoms with Crippen molar-refractivity contribution >= 4 is 41.3 Å². The Kier molecular flexibility index (Phi) is 13.9. The summed E-state index contributed by atoms with van der Waals surface area (Å²) in [5, 5.41) is 6.06. The zero-order valence-electron chi connectivity index (χ0n) is 25.0. The Balaban J connectivity index is 0.000000297. The van der Waals surface area contributed by atoms with E-state index in [0.29, 0.717) is 0 Å². The molecule has 41 heavy (non-hydrogen) atoms. The van der Waals surface area contributed by atoms with E-state index in [1.807, 2.05) is 0 Å². The molecule has 0 saturated heterocycles. The molecule has 0 spiro atoms. The number of benzene rings is 4. The summed E-state index contributed by atoms with van der Waals surface area (Å²) in [7, 11) is -1.57. The molecular weight excluding hydrogens is 619 g/mol. The number of hydrogen-bond acceptors (Lipinski definition) is 0. The van der Waals surface area contributed by atoms with Gasteiger partial charge in [0.15, 0.2) is 0 Å². The molecule has 3 heteroatoms. The molecule has 0 bridgehead atoms. The van der Waals surface area contributed by atoms with Crippen LogP contribution in [-0.4, -0.2) is 16.6 Å². The normalized spacial score (nSPS) is 10.3. The third kappa shape index (κ3) is 9.44. The minimum atomic E-state index is -0.783. The Morgan fingerprint density at radius 3 is 0.927 bits per heavy atom. The Labute approximate surface area is 260 Å². The molecule has 0 aliphatic rings. The van der Waals surface area contributed by atoms with Crippen LogP contribution in [0.3, 0.4) is 0 Å². The minimum absolute atomic E-state index is 0.783. The van der Waals surface area contributed by atoms with Crippen LogP contribution >= 0.6 is 15.8 Å². The van der Waals surface area contributed by atoms with Gasteiger partial charge >= 0.3 is 28.7 Å². The van der Waals surface area contributed by atoms with Crippen molar-refractivity contribution in [2.24, 2.45) is 0 Å². The van der Waals surface area contributed by atoms with E-state index in [-0.39, 0.29) is 0 Å². The van der Waals surface area contributed by atoms with Crippen LogP contribution in [0.25, 0.3) is 0 Å². The monoisotopic (exact) mass is 663 g/mol. The molecule has 0 aromatic heterocycles. The summed E-state index contributed by atoms with van der Waals surface area (Å²) < 4.78 is 2.43. The Morgan fingerprint density at radius 1 is 0.537 bits per heavy atom.